The van der Waals surface area contributed by atoms with Gasteiger partial charge in [-0.2, -0.15) is 0 Å². The van der Waals surface area contributed by atoms with Gasteiger partial charge in [-0.05, 0) is 42.2 Å². The quantitative estimate of drug-likeness (QED) is 0.421. The fourth-order valence-corrected chi connectivity index (χ4v) is 3.72. The third-order valence-electron chi connectivity index (χ3n) is 5.39. The molecule has 0 saturated heterocycles. The molecule has 3 rings (SSSR count). The first-order valence-corrected chi connectivity index (χ1v) is 10.9. The Hall–Kier alpha value is -3.88. The number of nitrogens with one attached hydrogen (secondary N) is 1. The van der Waals surface area contributed by atoms with E-state index in [4.69, 9.17) is 14.2 Å². The molecule has 3 amide bonds. The second-order valence-corrected chi connectivity index (χ2v) is 8.25. The number of benzene rings is 2. The molecule has 0 aliphatic carbocycles. The molecule has 1 atom stereocenters. The van der Waals surface area contributed by atoms with Crippen LogP contribution < -0.4 is 14.8 Å². The number of carbonyl (C=O) groups is 4. The molecule has 1 heterocycles. The number of esters is 1. The van der Waals surface area contributed by atoms with Gasteiger partial charge < -0.3 is 19.5 Å². The first-order chi connectivity index (χ1) is 16.3. The van der Waals surface area contributed by atoms with Gasteiger partial charge in [0.2, 0.25) is 0 Å². The Morgan fingerprint density at radius 1 is 0.941 bits per heavy atom. The highest BCUT2D eigenvalue weighted by molar-refractivity contribution is 6.22. The Balaban J connectivity index is 1.62. The summed E-state index contributed by atoms with van der Waals surface area (Å²) in [4.78, 5) is 51.7. The maximum Gasteiger partial charge on any atom is 0.329 e. The van der Waals surface area contributed by atoms with Crippen LogP contribution in [-0.4, -0.2) is 55.5 Å². The van der Waals surface area contributed by atoms with Crippen molar-refractivity contribution in [2.45, 2.75) is 32.9 Å². The van der Waals surface area contributed by atoms with Gasteiger partial charge in [-0.3, -0.25) is 19.3 Å². The van der Waals surface area contributed by atoms with E-state index >= 15 is 0 Å². The average Bonchev–Trinajstić information content (AvgIpc) is 3.09. The van der Waals surface area contributed by atoms with E-state index < -0.39 is 36.3 Å². The summed E-state index contributed by atoms with van der Waals surface area (Å²) in [6, 6.07) is 10.5. The van der Waals surface area contributed by atoms with Gasteiger partial charge in [-0.1, -0.05) is 32.0 Å². The third-order valence-corrected chi connectivity index (χ3v) is 5.39. The molecule has 1 aliphatic rings. The minimum absolute atomic E-state index is 0.000686. The maximum absolute atomic E-state index is 12.9. The number of carbonyl (C=O) groups excluding carboxylic acids is 4. The fraction of sp³-hybridized carbons (Fsp3) is 0.360. The summed E-state index contributed by atoms with van der Waals surface area (Å²) < 4.78 is 15.6. The number of methoxy groups -OCH3 is 2. The summed E-state index contributed by atoms with van der Waals surface area (Å²) in [5, 5.41) is 2.66. The van der Waals surface area contributed by atoms with Gasteiger partial charge in [0.1, 0.15) is 6.04 Å². The van der Waals surface area contributed by atoms with Crippen LogP contribution in [0.2, 0.25) is 0 Å². The Labute approximate surface area is 198 Å². The zero-order valence-corrected chi connectivity index (χ0v) is 19.6. The second kappa shape index (κ2) is 10.8. The number of hydrogen-bond donors (Lipinski definition) is 1. The third kappa shape index (κ3) is 5.36. The number of rotatable bonds is 10. The molecule has 0 fully saturated rings. The van der Waals surface area contributed by atoms with Crippen molar-refractivity contribution in [3.8, 4) is 11.5 Å². The molecule has 0 saturated carbocycles. The first kappa shape index (κ1) is 24.8. The smallest absolute Gasteiger partial charge is 0.329 e. The highest BCUT2D eigenvalue weighted by Crippen LogP contribution is 2.28. The Bertz CT molecular complexity index is 1060. The normalized spacial score (nSPS) is 13.5. The molecule has 9 heteroatoms. The lowest BCUT2D eigenvalue weighted by atomic mass is 10.0. The molecule has 34 heavy (non-hydrogen) atoms. The standard InChI is InChI=1S/C25H28N2O7/c1-15(2)11-19(27-23(29)17-7-5-6-8-18(17)24(27)30)25(31)34-14-22(28)26-13-16-9-10-20(32-3)21(12-16)33-4/h5-10,12,15,19H,11,13-14H2,1-4H3,(H,26,28)/t19-/m0/s1. The summed E-state index contributed by atoms with van der Waals surface area (Å²) in [5.41, 5.74) is 1.27. The van der Waals surface area contributed by atoms with Crippen LogP contribution in [0.3, 0.4) is 0 Å². The van der Waals surface area contributed by atoms with Crippen molar-refractivity contribution in [1.82, 2.24) is 10.2 Å². The molecule has 0 spiro atoms. The zero-order valence-electron chi connectivity index (χ0n) is 19.6. The van der Waals surface area contributed by atoms with Crippen molar-refractivity contribution in [3.05, 3.63) is 59.2 Å². The highest BCUT2D eigenvalue weighted by atomic mass is 16.5. The molecule has 1 aliphatic heterocycles. The van der Waals surface area contributed by atoms with E-state index in [1.807, 2.05) is 13.8 Å². The van der Waals surface area contributed by atoms with Gasteiger partial charge in [0, 0.05) is 6.54 Å². The summed E-state index contributed by atoms with van der Waals surface area (Å²) in [5.74, 6) is -1.31. The van der Waals surface area contributed by atoms with E-state index in [0.29, 0.717) is 11.5 Å². The van der Waals surface area contributed by atoms with Crippen LogP contribution >= 0.6 is 0 Å². The monoisotopic (exact) mass is 468 g/mol. The van der Waals surface area contributed by atoms with E-state index in [1.165, 1.54) is 14.2 Å². The Morgan fingerprint density at radius 2 is 1.56 bits per heavy atom. The van der Waals surface area contributed by atoms with Crippen molar-refractivity contribution in [2.75, 3.05) is 20.8 Å². The van der Waals surface area contributed by atoms with Gasteiger partial charge in [0.25, 0.3) is 17.7 Å². The van der Waals surface area contributed by atoms with Crippen LogP contribution in [0.4, 0.5) is 0 Å². The van der Waals surface area contributed by atoms with Crippen LogP contribution in [0, 0.1) is 5.92 Å². The number of ether oxygens (including phenoxy) is 3. The molecule has 0 aromatic heterocycles. The predicted molar refractivity (Wildman–Crippen MR) is 123 cm³/mol. The predicted octanol–water partition coefficient (Wildman–Crippen LogP) is 2.57. The number of amides is 3. The summed E-state index contributed by atoms with van der Waals surface area (Å²) in [7, 11) is 3.05. The SMILES string of the molecule is COc1ccc(CNC(=O)COC(=O)[C@H](CC(C)C)N2C(=O)c3ccccc3C2=O)cc1OC. The van der Waals surface area contributed by atoms with Crippen molar-refractivity contribution >= 4 is 23.7 Å². The molecule has 0 radical (unpaired) electrons. The van der Waals surface area contributed by atoms with E-state index in [9.17, 15) is 19.2 Å². The van der Waals surface area contributed by atoms with Gasteiger partial charge in [-0.15, -0.1) is 0 Å². The molecule has 180 valence electrons. The number of nitrogens with zero attached hydrogens (tertiary/aromatic N) is 1. The maximum atomic E-state index is 12.9. The van der Waals surface area contributed by atoms with Crippen LogP contribution in [0.1, 0.15) is 46.5 Å². The summed E-state index contributed by atoms with van der Waals surface area (Å²) >= 11 is 0. The zero-order chi connectivity index (χ0) is 24.8. The molecule has 2 aromatic rings. The Kier molecular flexibility index (Phi) is 7.88. The minimum Gasteiger partial charge on any atom is -0.493 e. The number of fused-ring (bicyclic) bond motifs is 1. The van der Waals surface area contributed by atoms with Crippen molar-refractivity contribution in [2.24, 2.45) is 5.92 Å². The minimum atomic E-state index is -1.12. The lowest BCUT2D eigenvalue weighted by molar-refractivity contribution is -0.152. The largest absolute Gasteiger partial charge is 0.493 e. The first-order valence-electron chi connectivity index (χ1n) is 10.9. The summed E-state index contributed by atoms with van der Waals surface area (Å²) in [6.45, 7) is 3.39. The number of imide groups is 1. The van der Waals surface area contributed by atoms with Gasteiger partial charge in [-0.25, -0.2) is 4.79 Å². The van der Waals surface area contributed by atoms with Crippen molar-refractivity contribution in [3.63, 3.8) is 0 Å². The van der Waals surface area contributed by atoms with E-state index in [2.05, 4.69) is 5.32 Å². The van der Waals surface area contributed by atoms with E-state index in [0.717, 1.165) is 10.5 Å². The van der Waals surface area contributed by atoms with Crippen molar-refractivity contribution in [1.29, 1.82) is 0 Å². The molecule has 9 nitrogen and oxygen atoms in total. The molecule has 1 N–H and O–H groups in total. The van der Waals surface area contributed by atoms with E-state index in [1.54, 1.807) is 42.5 Å². The van der Waals surface area contributed by atoms with Crippen LogP contribution in [-0.2, 0) is 20.9 Å². The highest BCUT2D eigenvalue weighted by Gasteiger charge is 2.43. The molecular formula is C25H28N2O7. The van der Waals surface area contributed by atoms with Gasteiger partial charge in [0.05, 0.1) is 25.3 Å². The van der Waals surface area contributed by atoms with Crippen LogP contribution in [0.25, 0.3) is 0 Å². The van der Waals surface area contributed by atoms with Crippen LogP contribution in [0.15, 0.2) is 42.5 Å². The fourth-order valence-electron chi connectivity index (χ4n) is 3.72. The molecule has 0 bridgehead atoms. The van der Waals surface area contributed by atoms with E-state index in [-0.39, 0.29) is 30.0 Å². The summed E-state index contributed by atoms with van der Waals surface area (Å²) in [6.07, 6.45) is 0.220. The average molecular weight is 469 g/mol. The molecular weight excluding hydrogens is 440 g/mol. The lowest BCUT2D eigenvalue weighted by Gasteiger charge is -2.25. The van der Waals surface area contributed by atoms with Crippen LogP contribution in [0.5, 0.6) is 11.5 Å². The molecule has 0 unspecified atom stereocenters. The van der Waals surface area contributed by atoms with Gasteiger partial charge >= 0.3 is 5.97 Å². The molecule has 2 aromatic carbocycles. The van der Waals surface area contributed by atoms with Gasteiger partial charge in [0.15, 0.2) is 18.1 Å². The second-order valence-electron chi connectivity index (χ2n) is 8.25. The Morgan fingerprint density at radius 3 is 2.12 bits per heavy atom. The number of hydrogen-bond acceptors (Lipinski definition) is 7. The lowest BCUT2D eigenvalue weighted by Crippen LogP contribution is -2.47. The van der Waals surface area contributed by atoms with Crippen molar-refractivity contribution < 1.29 is 33.4 Å². The topological polar surface area (TPSA) is 111 Å².